The Morgan fingerprint density at radius 1 is 1.47 bits per heavy atom. The van der Waals surface area contributed by atoms with Gasteiger partial charge in [0, 0.05) is 26.8 Å². The lowest BCUT2D eigenvalue weighted by molar-refractivity contribution is 0.102. The first-order valence-corrected chi connectivity index (χ1v) is 5.89. The largest absolute Gasteiger partial charge is 0.515 e. The van der Waals surface area contributed by atoms with Gasteiger partial charge in [-0.1, -0.05) is 11.6 Å². The number of hydrogen-bond acceptors (Lipinski definition) is 3. The number of aliphatic hydroxyl groups excluding tert-OH is 1. The number of benzene rings is 1. The van der Waals surface area contributed by atoms with Gasteiger partial charge >= 0.3 is 0 Å². The van der Waals surface area contributed by atoms with Crippen molar-refractivity contribution >= 4 is 29.1 Å². The molecule has 1 N–H and O–H groups in total. The molecule has 0 aromatic heterocycles. The van der Waals surface area contributed by atoms with Crippen LogP contribution in [0.1, 0.15) is 16.8 Å². The average Bonchev–Trinajstić information content (AvgIpc) is 2.39. The smallest absolute Gasteiger partial charge is 0.193 e. The van der Waals surface area contributed by atoms with Crippen molar-refractivity contribution in [2.45, 2.75) is 11.3 Å². The fourth-order valence-electron chi connectivity index (χ4n) is 1.49. The molecule has 2 rings (SSSR count). The summed E-state index contributed by atoms with van der Waals surface area (Å²) in [5.41, 5.74) is 1.04. The summed E-state index contributed by atoms with van der Waals surface area (Å²) in [5, 5.41) is 9.50. The molecule has 0 aliphatic carbocycles. The molecule has 1 aliphatic rings. The van der Waals surface area contributed by atoms with E-state index in [1.807, 2.05) is 6.07 Å². The van der Waals surface area contributed by atoms with Crippen molar-refractivity contribution in [3.8, 4) is 0 Å². The molecule has 15 heavy (non-hydrogen) atoms. The summed E-state index contributed by atoms with van der Waals surface area (Å²) in [6.45, 7) is 0. The third kappa shape index (κ3) is 2.03. The maximum Gasteiger partial charge on any atom is 0.193 e. The molecule has 1 aliphatic heterocycles. The Morgan fingerprint density at radius 2 is 2.27 bits per heavy atom. The van der Waals surface area contributed by atoms with Gasteiger partial charge < -0.3 is 5.11 Å². The van der Waals surface area contributed by atoms with Crippen molar-refractivity contribution < 1.29 is 9.90 Å². The minimum absolute atomic E-state index is 0.125. The van der Waals surface area contributed by atoms with Gasteiger partial charge in [0.15, 0.2) is 5.78 Å². The quantitative estimate of drug-likeness (QED) is 0.557. The molecule has 0 saturated heterocycles. The molecule has 0 fully saturated rings. The van der Waals surface area contributed by atoms with Crippen LogP contribution in [0.3, 0.4) is 0 Å². The third-order valence-corrected chi connectivity index (χ3v) is 3.57. The third-order valence-electron chi connectivity index (χ3n) is 2.26. The zero-order valence-corrected chi connectivity index (χ0v) is 9.44. The van der Waals surface area contributed by atoms with E-state index in [2.05, 4.69) is 0 Å². The van der Waals surface area contributed by atoms with Crippen molar-refractivity contribution in [2.75, 3.05) is 5.75 Å². The second-order valence-electron chi connectivity index (χ2n) is 3.22. The lowest BCUT2D eigenvalue weighted by Crippen LogP contribution is -2.03. The number of allylic oxidation sites excluding steroid dienone is 1. The summed E-state index contributed by atoms with van der Waals surface area (Å²) in [6, 6.07) is 5.27. The van der Waals surface area contributed by atoms with E-state index in [-0.39, 0.29) is 5.78 Å². The molecule has 1 aromatic rings. The molecule has 0 bridgehead atoms. The second kappa shape index (κ2) is 4.29. The van der Waals surface area contributed by atoms with Crippen LogP contribution in [-0.2, 0) is 0 Å². The number of carbonyl (C=O) groups is 1. The van der Waals surface area contributed by atoms with Crippen LogP contribution < -0.4 is 0 Å². The Balaban J connectivity index is 2.54. The van der Waals surface area contributed by atoms with Gasteiger partial charge in [0.25, 0.3) is 0 Å². The topological polar surface area (TPSA) is 37.3 Å². The number of rotatable bonds is 0. The summed E-state index contributed by atoms with van der Waals surface area (Å²) in [5.74, 6) is 0.673. The highest BCUT2D eigenvalue weighted by molar-refractivity contribution is 7.99. The van der Waals surface area contributed by atoms with Gasteiger partial charge in [-0.15, -0.1) is 11.8 Å². The highest BCUT2D eigenvalue weighted by Gasteiger charge is 2.20. The van der Waals surface area contributed by atoms with Crippen LogP contribution in [0, 0.1) is 0 Å². The van der Waals surface area contributed by atoms with Gasteiger partial charge in [-0.3, -0.25) is 4.79 Å². The van der Waals surface area contributed by atoms with Crippen molar-refractivity contribution in [2.24, 2.45) is 0 Å². The molecule has 0 saturated carbocycles. The predicted octanol–water partition coefficient (Wildman–Crippen LogP) is 3.46. The number of aliphatic hydroxyl groups is 1. The molecule has 1 heterocycles. The standard InChI is InChI=1S/C11H9ClO2S/c12-8-1-2-10-9(5-8)11(14)7(6-13)3-4-15-10/h1-2,5-6,13H,3-4H2. The Kier molecular flexibility index (Phi) is 3.03. The highest BCUT2D eigenvalue weighted by Crippen LogP contribution is 2.32. The first-order chi connectivity index (χ1) is 7.22. The monoisotopic (exact) mass is 240 g/mol. The predicted molar refractivity (Wildman–Crippen MR) is 61.8 cm³/mol. The highest BCUT2D eigenvalue weighted by atomic mass is 35.5. The summed E-state index contributed by atoms with van der Waals surface area (Å²) >= 11 is 7.45. The summed E-state index contributed by atoms with van der Waals surface area (Å²) in [7, 11) is 0. The molecule has 2 nitrogen and oxygen atoms in total. The van der Waals surface area contributed by atoms with Gasteiger partial charge in [0.1, 0.15) is 0 Å². The average molecular weight is 241 g/mol. The van der Waals surface area contributed by atoms with Crippen LogP contribution in [0.15, 0.2) is 34.9 Å². The molecule has 4 heteroatoms. The number of carbonyl (C=O) groups excluding carboxylic acids is 1. The zero-order chi connectivity index (χ0) is 10.8. The van der Waals surface area contributed by atoms with E-state index in [0.717, 1.165) is 16.9 Å². The first-order valence-electron chi connectivity index (χ1n) is 4.52. The number of fused-ring (bicyclic) bond motifs is 1. The molecule has 78 valence electrons. The molecular formula is C11H9ClO2S. The Hall–Kier alpha value is -0.930. The molecule has 0 amide bonds. The molecule has 0 atom stereocenters. The molecular weight excluding hydrogens is 232 g/mol. The van der Waals surface area contributed by atoms with E-state index in [0.29, 0.717) is 22.6 Å². The van der Waals surface area contributed by atoms with Crippen LogP contribution in [0.4, 0.5) is 0 Å². The number of hydrogen-bond donors (Lipinski definition) is 1. The van der Waals surface area contributed by atoms with Crippen molar-refractivity contribution in [3.63, 3.8) is 0 Å². The van der Waals surface area contributed by atoms with E-state index in [1.54, 1.807) is 23.9 Å². The van der Waals surface area contributed by atoms with Gasteiger partial charge in [-0.2, -0.15) is 0 Å². The Morgan fingerprint density at radius 3 is 3.00 bits per heavy atom. The van der Waals surface area contributed by atoms with Crippen LogP contribution in [0.5, 0.6) is 0 Å². The van der Waals surface area contributed by atoms with Gasteiger partial charge in [0.2, 0.25) is 0 Å². The Bertz CT molecular complexity index is 440. The fourth-order valence-corrected chi connectivity index (χ4v) is 2.67. The van der Waals surface area contributed by atoms with Gasteiger partial charge in [-0.05, 0) is 24.6 Å². The van der Waals surface area contributed by atoms with Crippen LogP contribution in [0.25, 0.3) is 0 Å². The molecule has 0 unspecified atom stereocenters. The van der Waals surface area contributed by atoms with Gasteiger partial charge in [0.05, 0.1) is 6.26 Å². The normalized spacial score (nSPS) is 18.7. The molecule has 1 aromatic carbocycles. The maximum absolute atomic E-state index is 11.9. The SMILES string of the molecule is O=C1C(=CO)CCSc2ccc(Cl)cc21. The summed E-state index contributed by atoms with van der Waals surface area (Å²) < 4.78 is 0. The minimum Gasteiger partial charge on any atom is -0.515 e. The summed E-state index contributed by atoms with van der Waals surface area (Å²) in [4.78, 5) is 12.9. The lowest BCUT2D eigenvalue weighted by Gasteiger charge is -2.03. The number of Topliss-reactive ketones (excluding diaryl/α,β-unsaturated/α-hetero) is 1. The number of ketones is 1. The van der Waals surface area contributed by atoms with Crippen LogP contribution in [-0.4, -0.2) is 16.6 Å². The molecule has 0 spiro atoms. The maximum atomic E-state index is 11.9. The number of thioether (sulfide) groups is 1. The summed E-state index contributed by atoms with van der Waals surface area (Å²) in [6.07, 6.45) is 1.49. The van der Waals surface area contributed by atoms with E-state index in [9.17, 15) is 4.79 Å². The van der Waals surface area contributed by atoms with Crippen molar-refractivity contribution in [1.29, 1.82) is 0 Å². The Labute approximate surface area is 96.9 Å². The van der Waals surface area contributed by atoms with E-state index >= 15 is 0 Å². The van der Waals surface area contributed by atoms with Crippen LogP contribution >= 0.6 is 23.4 Å². The zero-order valence-electron chi connectivity index (χ0n) is 7.87. The van der Waals surface area contributed by atoms with Crippen molar-refractivity contribution in [3.05, 3.63) is 40.6 Å². The minimum atomic E-state index is -0.125. The molecule has 0 radical (unpaired) electrons. The van der Waals surface area contributed by atoms with E-state index in [1.165, 1.54) is 0 Å². The van der Waals surface area contributed by atoms with Crippen molar-refractivity contribution in [1.82, 2.24) is 0 Å². The van der Waals surface area contributed by atoms with Gasteiger partial charge in [-0.25, -0.2) is 0 Å². The first kappa shape index (κ1) is 10.6. The number of halogens is 1. The fraction of sp³-hybridized carbons (Fsp3) is 0.182. The lowest BCUT2D eigenvalue weighted by atomic mass is 10.0. The van der Waals surface area contributed by atoms with Crippen LogP contribution in [0.2, 0.25) is 5.02 Å². The second-order valence-corrected chi connectivity index (χ2v) is 4.80. The van der Waals surface area contributed by atoms with E-state index in [4.69, 9.17) is 16.7 Å². The van der Waals surface area contributed by atoms with E-state index < -0.39 is 0 Å².